The van der Waals surface area contributed by atoms with E-state index in [0.717, 1.165) is 17.7 Å². The van der Waals surface area contributed by atoms with E-state index in [0.29, 0.717) is 47.9 Å². The number of amides is 1. The number of halogens is 3. The zero-order valence-corrected chi connectivity index (χ0v) is 23.8. The third-order valence-corrected chi connectivity index (χ3v) is 6.29. The first-order chi connectivity index (χ1) is 19.2. The molecule has 0 bridgehead atoms. The van der Waals surface area contributed by atoms with Crippen LogP contribution in [0.3, 0.4) is 0 Å². The number of carbonyl (C=O) groups is 1. The summed E-state index contributed by atoms with van der Waals surface area (Å²) < 4.78 is 39.0. The highest BCUT2D eigenvalue weighted by molar-refractivity contribution is 5.83. The molecule has 0 radical (unpaired) electrons. The highest BCUT2D eigenvalue weighted by Gasteiger charge is 2.30. The molecule has 1 amide bonds. The minimum Gasteiger partial charge on any atom is -0.358 e. The van der Waals surface area contributed by atoms with Crippen molar-refractivity contribution in [2.24, 2.45) is 0 Å². The number of aromatic amines is 1. The first-order valence-electron chi connectivity index (χ1n) is 13.3. The predicted octanol–water partition coefficient (Wildman–Crippen LogP) is 7.56. The minimum absolute atomic E-state index is 0.0824. The molecule has 2 aromatic heterocycles. The van der Waals surface area contributed by atoms with Crippen molar-refractivity contribution in [1.29, 1.82) is 0 Å². The van der Waals surface area contributed by atoms with Crippen molar-refractivity contribution in [2.45, 2.75) is 39.8 Å². The molecule has 0 aliphatic rings. The zero-order valence-electron chi connectivity index (χ0n) is 23.8. The molecule has 1 N–H and O–H groups in total. The van der Waals surface area contributed by atoms with Crippen molar-refractivity contribution in [3.8, 4) is 11.4 Å². The Morgan fingerprint density at radius 3 is 2.27 bits per heavy atom. The summed E-state index contributed by atoms with van der Waals surface area (Å²) in [6.07, 6.45) is -2.78. The van der Waals surface area contributed by atoms with Crippen molar-refractivity contribution in [3.63, 3.8) is 0 Å². The van der Waals surface area contributed by atoms with E-state index in [1.807, 2.05) is 87.0 Å². The number of aromatic nitrogens is 3. The minimum atomic E-state index is -4.41. The molecule has 0 saturated heterocycles. The van der Waals surface area contributed by atoms with Gasteiger partial charge in [-0.2, -0.15) is 13.2 Å². The summed E-state index contributed by atoms with van der Waals surface area (Å²) in [6.45, 7) is 15.6. The SMILES string of the molecule is C=C.CC.CCN(CCN(C)c1ccc(-c2nc3ccc(C(F)(F)F)cc3[nH]2)cn1)C(=O)C(C)c1ccccc1. The monoisotopic (exact) mass is 553 g/mol. The van der Waals surface area contributed by atoms with Gasteiger partial charge in [0.25, 0.3) is 0 Å². The third-order valence-electron chi connectivity index (χ3n) is 6.29. The fraction of sp³-hybridized carbons (Fsp3) is 0.323. The van der Waals surface area contributed by atoms with E-state index in [4.69, 9.17) is 0 Å². The number of hydrogen-bond acceptors (Lipinski definition) is 4. The highest BCUT2D eigenvalue weighted by Crippen LogP contribution is 2.31. The smallest absolute Gasteiger partial charge is 0.358 e. The maximum Gasteiger partial charge on any atom is 0.416 e. The summed E-state index contributed by atoms with van der Waals surface area (Å²) in [6, 6.07) is 16.8. The molecule has 4 rings (SSSR count). The number of nitrogens with zero attached hydrogens (tertiary/aromatic N) is 4. The molecule has 4 aromatic rings. The number of pyridine rings is 1. The quantitative estimate of drug-likeness (QED) is 0.229. The number of H-pyrrole nitrogens is 1. The average Bonchev–Trinajstić information content (AvgIpc) is 3.43. The van der Waals surface area contributed by atoms with Crippen LogP contribution in [-0.2, 0) is 11.0 Å². The average molecular weight is 554 g/mol. The number of likely N-dealkylation sites (N-methyl/N-ethyl adjacent to an activating group) is 2. The molecular weight excluding hydrogens is 515 g/mol. The number of benzene rings is 2. The first-order valence-corrected chi connectivity index (χ1v) is 13.3. The van der Waals surface area contributed by atoms with E-state index < -0.39 is 11.7 Å². The van der Waals surface area contributed by atoms with Gasteiger partial charge >= 0.3 is 6.18 Å². The van der Waals surface area contributed by atoms with E-state index in [1.54, 1.807) is 6.20 Å². The van der Waals surface area contributed by atoms with Gasteiger partial charge < -0.3 is 14.8 Å². The predicted molar refractivity (Wildman–Crippen MR) is 157 cm³/mol. The molecule has 40 heavy (non-hydrogen) atoms. The van der Waals surface area contributed by atoms with Crippen LogP contribution in [0.2, 0.25) is 0 Å². The second kappa shape index (κ2) is 14.9. The Labute approximate surface area is 234 Å². The highest BCUT2D eigenvalue weighted by atomic mass is 19.4. The van der Waals surface area contributed by atoms with Crippen LogP contribution >= 0.6 is 0 Å². The number of anilines is 1. The lowest BCUT2D eigenvalue weighted by Gasteiger charge is -2.27. The lowest BCUT2D eigenvalue weighted by Crippen LogP contribution is -2.39. The van der Waals surface area contributed by atoms with Gasteiger partial charge in [0.05, 0.1) is 22.5 Å². The largest absolute Gasteiger partial charge is 0.416 e. The van der Waals surface area contributed by atoms with E-state index in [9.17, 15) is 18.0 Å². The normalized spacial score (nSPS) is 11.5. The Morgan fingerprint density at radius 2 is 1.70 bits per heavy atom. The van der Waals surface area contributed by atoms with Crippen molar-refractivity contribution in [1.82, 2.24) is 19.9 Å². The first kappa shape index (κ1) is 32.1. The molecule has 0 spiro atoms. The Hall–Kier alpha value is -4.14. The maximum absolute atomic E-state index is 13.0. The van der Waals surface area contributed by atoms with Crippen LogP contribution in [0.5, 0.6) is 0 Å². The zero-order chi connectivity index (χ0) is 29.9. The molecule has 2 heterocycles. The van der Waals surface area contributed by atoms with Crippen LogP contribution in [0.1, 0.15) is 44.7 Å². The van der Waals surface area contributed by atoms with E-state index in [2.05, 4.69) is 28.1 Å². The summed E-state index contributed by atoms with van der Waals surface area (Å²) in [5.41, 5.74) is 1.70. The van der Waals surface area contributed by atoms with Crippen molar-refractivity contribution in [2.75, 3.05) is 31.6 Å². The van der Waals surface area contributed by atoms with Crippen LogP contribution in [0, 0.1) is 0 Å². The number of imidazole rings is 1. The van der Waals surface area contributed by atoms with Gasteiger partial charge in [-0.05, 0) is 49.7 Å². The molecule has 0 aliphatic heterocycles. The molecule has 6 nitrogen and oxygen atoms in total. The lowest BCUT2D eigenvalue weighted by atomic mass is 10.00. The van der Waals surface area contributed by atoms with E-state index >= 15 is 0 Å². The number of alkyl halides is 3. The number of hydrogen-bond donors (Lipinski definition) is 1. The summed E-state index contributed by atoms with van der Waals surface area (Å²) in [5.74, 6) is 1.03. The van der Waals surface area contributed by atoms with Crippen molar-refractivity contribution >= 4 is 22.8 Å². The molecule has 1 unspecified atom stereocenters. The van der Waals surface area contributed by atoms with Crippen LogP contribution in [0.25, 0.3) is 22.4 Å². The molecule has 0 saturated carbocycles. The van der Waals surface area contributed by atoms with Gasteiger partial charge in [-0.3, -0.25) is 4.79 Å². The molecule has 0 aliphatic carbocycles. The molecule has 214 valence electrons. The van der Waals surface area contributed by atoms with Gasteiger partial charge in [-0.1, -0.05) is 44.2 Å². The van der Waals surface area contributed by atoms with Crippen molar-refractivity contribution < 1.29 is 18.0 Å². The fourth-order valence-electron chi connectivity index (χ4n) is 4.04. The van der Waals surface area contributed by atoms with E-state index in [1.165, 1.54) is 6.07 Å². The standard InChI is InChI=1S/C27H28F3N5O.C2H6.C2H4/c1-4-35(26(36)18(2)19-8-6-5-7-9-19)15-14-34(3)24-13-10-20(17-31-24)25-32-22-12-11-21(27(28,29)30)16-23(22)33-25;2*1-2/h5-13,16-18H,4,14-15H2,1-3H3,(H,32,33);1-2H3;1-2H2. The van der Waals surface area contributed by atoms with Crippen molar-refractivity contribution in [3.05, 3.63) is 91.1 Å². The van der Waals surface area contributed by atoms with Crippen LogP contribution in [0.4, 0.5) is 19.0 Å². The summed E-state index contributed by atoms with van der Waals surface area (Å²) in [5, 5.41) is 0. The fourth-order valence-corrected chi connectivity index (χ4v) is 4.04. The molecule has 0 fully saturated rings. The molecular formula is C31H38F3N5O. The lowest BCUT2D eigenvalue weighted by molar-refractivity contribution is -0.137. The van der Waals surface area contributed by atoms with Crippen LogP contribution in [0.15, 0.2) is 80.0 Å². The van der Waals surface area contributed by atoms with Gasteiger partial charge in [0.1, 0.15) is 11.6 Å². The second-order valence-corrected chi connectivity index (χ2v) is 8.69. The van der Waals surface area contributed by atoms with Crippen LogP contribution in [-0.4, -0.2) is 52.4 Å². The molecule has 9 heteroatoms. The van der Waals surface area contributed by atoms with Gasteiger partial charge in [0.15, 0.2) is 0 Å². The Morgan fingerprint density at radius 1 is 1.02 bits per heavy atom. The van der Waals surface area contributed by atoms with Gasteiger partial charge in [0, 0.05) is 38.4 Å². The Bertz CT molecular complexity index is 1340. The summed E-state index contributed by atoms with van der Waals surface area (Å²) in [4.78, 5) is 28.6. The Kier molecular flexibility index (Phi) is 11.9. The summed E-state index contributed by atoms with van der Waals surface area (Å²) >= 11 is 0. The summed E-state index contributed by atoms with van der Waals surface area (Å²) in [7, 11) is 1.90. The Balaban J connectivity index is 0.00000134. The van der Waals surface area contributed by atoms with Crippen LogP contribution < -0.4 is 4.90 Å². The third kappa shape index (κ3) is 7.94. The second-order valence-electron chi connectivity index (χ2n) is 8.69. The van der Waals surface area contributed by atoms with Gasteiger partial charge in [0.2, 0.25) is 5.91 Å². The topological polar surface area (TPSA) is 65.1 Å². The number of nitrogens with one attached hydrogen (secondary N) is 1. The number of fused-ring (bicyclic) bond motifs is 1. The van der Waals surface area contributed by atoms with E-state index in [-0.39, 0.29) is 11.8 Å². The number of carbonyl (C=O) groups excluding carboxylic acids is 1. The molecule has 2 aromatic carbocycles. The van der Waals surface area contributed by atoms with Gasteiger partial charge in [-0.15, -0.1) is 13.2 Å². The molecule has 1 atom stereocenters. The maximum atomic E-state index is 13.0. The number of rotatable bonds is 8. The van der Waals surface area contributed by atoms with Gasteiger partial charge in [-0.25, -0.2) is 9.97 Å².